The Bertz CT molecular complexity index is 575. The third-order valence-corrected chi connectivity index (χ3v) is 3.43. The Morgan fingerprint density at radius 3 is 2.28 bits per heavy atom. The first kappa shape index (κ1) is 12.8. The van der Waals surface area contributed by atoms with Gasteiger partial charge in [-0.25, -0.2) is 4.39 Å². The molecule has 0 aliphatic carbocycles. The standard InChI is InChI=1S/C16H18FN/c1-10-7-12(3)15(8-11(10)2)16(18)13-5-4-6-14(17)9-13/h4-9,16H,18H2,1-3H3. The van der Waals surface area contributed by atoms with E-state index >= 15 is 0 Å². The quantitative estimate of drug-likeness (QED) is 0.853. The summed E-state index contributed by atoms with van der Waals surface area (Å²) >= 11 is 0. The van der Waals surface area contributed by atoms with Crippen LogP contribution in [0.2, 0.25) is 0 Å². The van der Waals surface area contributed by atoms with Crippen LogP contribution in [0.3, 0.4) is 0 Å². The van der Waals surface area contributed by atoms with Crippen LogP contribution in [0.5, 0.6) is 0 Å². The first-order valence-electron chi connectivity index (χ1n) is 6.08. The van der Waals surface area contributed by atoms with Gasteiger partial charge in [-0.15, -0.1) is 0 Å². The van der Waals surface area contributed by atoms with Crippen molar-refractivity contribution in [2.24, 2.45) is 5.73 Å². The molecule has 0 aromatic heterocycles. The minimum Gasteiger partial charge on any atom is -0.320 e. The topological polar surface area (TPSA) is 26.0 Å². The van der Waals surface area contributed by atoms with Crippen LogP contribution in [-0.4, -0.2) is 0 Å². The zero-order chi connectivity index (χ0) is 13.3. The lowest BCUT2D eigenvalue weighted by molar-refractivity contribution is 0.623. The predicted octanol–water partition coefficient (Wildman–Crippen LogP) is 3.80. The summed E-state index contributed by atoms with van der Waals surface area (Å²) in [4.78, 5) is 0. The van der Waals surface area contributed by atoms with Crippen LogP contribution in [0.4, 0.5) is 4.39 Å². The van der Waals surface area contributed by atoms with Gasteiger partial charge in [0, 0.05) is 0 Å². The molecule has 2 aromatic carbocycles. The van der Waals surface area contributed by atoms with Crippen molar-refractivity contribution in [2.45, 2.75) is 26.8 Å². The highest BCUT2D eigenvalue weighted by Gasteiger charge is 2.13. The van der Waals surface area contributed by atoms with Gasteiger partial charge in [-0.1, -0.05) is 24.3 Å². The summed E-state index contributed by atoms with van der Waals surface area (Å²) in [6.07, 6.45) is 0. The maximum atomic E-state index is 13.2. The van der Waals surface area contributed by atoms with E-state index in [1.165, 1.54) is 23.3 Å². The maximum absolute atomic E-state index is 13.2. The zero-order valence-electron chi connectivity index (χ0n) is 11.0. The smallest absolute Gasteiger partial charge is 0.123 e. The van der Waals surface area contributed by atoms with Crippen molar-refractivity contribution in [1.29, 1.82) is 0 Å². The second-order valence-corrected chi connectivity index (χ2v) is 4.83. The molecule has 0 heterocycles. The molecule has 18 heavy (non-hydrogen) atoms. The minimum atomic E-state index is -0.278. The summed E-state index contributed by atoms with van der Waals surface area (Å²) in [5.74, 6) is -0.246. The van der Waals surface area contributed by atoms with Crippen LogP contribution >= 0.6 is 0 Å². The zero-order valence-corrected chi connectivity index (χ0v) is 11.0. The van der Waals surface area contributed by atoms with Crippen LogP contribution in [0.15, 0.2) is 36.4 Å². The van der Waals surface area contributed by atoms with Gasteiger partial charge in [-0.05, 0) is 60.7 Å². The van der Waals surface area contributed by atoms with Crippen LogP contribution < -0.4 is 5.73 Å². The number of benzene rings is 2. The van der Waals surface area contributed by atoms with E-state index in [1.54, 1.807) is 6.07 Å². The van der Waals surface area contributed by atoms with Gasteiger partial charge in [0.25, 0.3) is 0 Å². The summed E-state index contributed by atoms with van der Waals surface area (Å²) in [6.45, 7) is 6.19. The summed E-state index contributed by atoms with van der Waals surface area (Å²) < 4.78 is 13.2. The fraction of sp³-hybridized carbons (Fsp3) is 0.250. The molecule has 0 fully saturated rings. The van der Waals surface area contributed by atoms with Crippen molar-refractivity contribution in [2.75, 3.05) is 0 Å². The third-order valence-electron chi connectivity index (χ3n) is 3.43. The van der Waals surface area contributed by atoms with Crippen LogP contribution in [0.25, 0.3) is 0 Å². The Morgan fingerprint density at radius 1 is 0.944 bits per heavy atom. The summed E-state index contributed by atoms with van der Waals surface area (Å²) in [5.41, 5.74) is 11.7. The lowest BCUT2D eigenvalue weighted by atomic mass is 9.92. The molecule has 1 atom stereocenters. The van der Waals surface area contributed by atoms with Gasteiger partial charge in [0.15, 0.2) is 0 Å². The molecule has 2 N–H and O–H groups in total. The van der Waals surface area contributed by atoms with Crippen LogP contribution in [0.1, 0.15) is 33.9 Å². The first-order chi connectivity index (χ1) is 8.49. The Labute approximate surface area is 107 Å². The number of hydrogen-bond acceptors (Lipinski definition) is 1. The largest absolute Gasteiger partial charge is 0.320 e. The highest BCUT2D eigenvalue weighted by molar-refractivity contribution is 5.42. The van der Waals surface area contributed by atoms with Gasteiger partial charge in [-0.2, -0.15) is 0 Å². The number of halogens is 1. The summed E-state index contributed by atoms with van der Waals surface area (Å²) in [5, 5.41) is 0. The number of nitrogens with two attached hydrogens (primary N) is 1. The molecule has 94 valence electrons. The molecule has 2 rings (SSSR count). The highest BCUT2D eigenvalue weighted by Crippen LogP contribution is 2.25. The third kappa shape index (κ3) is 2.44. The van der Waals surface area contributed by atoms with Crippen molar-refractivity contribution in [3.63, 3.8) is 0 Å². The molecular formula is C16H18FN. The Morgan fingerprint density at radius 2 is 1.61 bits per heavy atom. The molecule has 0 aliphatic heterocycles. The minimum absolute atomic E-state index is 0.246. The van der Waals surface area contributed by atoms with Crippen LogP contribution in [-0.2, 0) is 0 Å². The molecule has 1 nitrogen and oxygen atoms in total. The Kier molecular flexibility index (Phi) is 3.48. The number of aryl methyl sites for hydroxylation is 3. The Balaban J connectivity index is 2.46. The molecule has 0 saturated carbocycles. The van der Waals surface area contributed by atoms with E-state index in [2.05, 4.69) is 26.0 Å². The van der Waals surface area contributed by atoms with Crippen molar-refractivity contribution < 1.29 is 4.39 Å². The van der Waals surface area contributed by atoms with Gasteiger partial charge in [0.1, 0.15) is 5.82 Å². The molecule has 0 aliphatic rings. The maximum Gasteiger partial charge on any atom is 0.123 e. The fourth-order valence-corrected chi connectivity index (χ4v) is 2.20. The van der Waals surface area contributed by atoms with Gasteiger partial charge in [-0.3, -0.25) is 0 Å². The number of rotatable bonds is 2. The summed E-state index contributed by atoms with van der Waals surface area (Å²) in [7, 11) is 0. The predicted molar refractivity (Wildman–Crippen MR) is 73.1 cm³/mol. The normalized spacial score (nSPS) is 12.5. The molecule has 1 unspecified atom stereocenters. The molecule has 0 saturated heterocycles. The molecule has 0 radical (unpaired) electrons. The van der Waals surface area contributed by atoms with Crippen molar-refractivity contribution in [3.05, 3.63) is 70.0 Å². The van der Waals surface area contributed by atoms with Gasteiger partial charge >= 0.3 is 0 Å². The summed E-state index contributed by atoms with van der Waals surface area (Å²) in [6, 6.07) is 10.4. The molecule has 0 spiro atoms. The monoisotopic (exact) mass is 243 g/mol. The van der Waals surface area contributed by atoms with E-state index in [1.807, 2.05) is 13.0 Å². The Hall–Kier alpha value is -1.67. The van der Waals surface area contributed by atoms with Gasteiger partial charge in [0.05, 0.1) is 6.04 Å². The lowest BCUT2D eigenvalue weighted by Gasteiger charge is -2.17. The molecule has 2 aromatic rings. The van der Waals surface area contributed by atoms with Crippen molar-refractivity contribution >= 4 is 0 Å². The molecule has 2 heteroatoms. The number of hydrogen-bond donors (Lipinski definition) is 1. The second-order valence-electron chi connectivity index (χ2n) is 4.83. The van der Waals surface area contributed by atoms with Crippen molar-refractivity contribution in [3.8, 4) is 0 Å². The first-order valence-corrected chi connectivity index (χ1v) is 6.08. The van der Waals surface area contributed by atoms with E-state index in [0.717, 1.165) is 16.7 Å². The van der Waals surface area contributed by atoms with Crippen molar-refractivity contribution in [1.82, 2.24) is 0 Å². The van der Waals surface area contributed by atoms with E-state index in [-0.39, 0.29) is 11.9 Å². The average molecular weight is 243 g/mol. The van der Waals surface area contributed by atoms with Gasteiger partial charge in [0.2, 0.25) is 0 Å². The average Bonchev–Trinajstić information content (AvgIpc) is 2.33. The van der Waals surface area contributed by atoms with E-state index in [0.29, 0.717) is 0 Å². The van der Waals surface area contributed by atoms with Crippen LogP contribution in [0, 0.1) is 26.6 Å². The lowest BCUT2D eigenvalue weighted by Crippen LogP contribution is -2.14. The molecule has 0 bridgehead atoms. The molecular weight excluding hydrogens is 225 g/mol. The second kappa shape index (κ2) is 4.91. The SMILES string of the molecule is Cc1cc(C)c(C(N)c2cccc(F)c2)cc1C. The van der Waals surface area contributed by atoms with E-state index < -0.39 is 0 Å². The highest BCUT2D eigenvalue weighted by atomic mass is 19.1. The molecule has 0 amide bonds. The van der Waals surface area contributed by atoms with E-state index in [4.69, 9.17) is 5.73 Å². The van der Waals surface area contributed by atoms with E-state index in [9.17, 15) is 4.39 Å². The fourth-order valence-electron chi connectivity index (χ4n) is 2.20. The van der Waals surface area contributed by atoms with Gasteiger partial charge < -0.3 is 5.73 Å².